The largest absolute Gasteiger partial charge is 0.361 e. The van der Waals surface area contributed by atoms with Gasteiger partial charge in [0.1, 0.15) is 18.1 Å². The van der Waals surface area contributed by atoms with E-state index in [1.54, 1.807) is 29.3 Å². The van der Waals surface area contributed by atoms with E-state index in [-0.39, 0.29) is 18.5 Å². The van der Waals surface area contributed by atoms with Crippen LogP contribution in [0, 0.1) is 5.82 Å². The molecular formula is C24H31FN6O2Si. The van der Waals surface area contributed by atoms with Crippen LogP contribution in [-0.2, 0) is 11.5 Å². The number of nitrogens with zero attached hydrogens (tertiary/aromatic N) is 5. The van der Waals surface area contributed by atoms with Crippen LogP contribution in [0.1, 0.15) is 31.1 Å². The Labute approximate surface area is 199 Å². The maximum Gasteiger partial charge on any atom is 0.255 e. The fourth-order valence-electron chi connectivity index (χ4n) is 3.54. The number of halogens is 1. The maximum absolute atomic E-state index is 13.6. The standard InChI is InChI=1S/C24H31FN6O2Si/c1-24(2,3)29-23(32)18-14-30(15-33-9-10-34(4,5)6)22-21(18)28-20(13-26-22)31-19-8-7-17(25)11-16(19)12-27-31/h7-8,11-14H,9-10,15H2,1-6H3,(H,29,32). The van der Waals surface area contributed by atoms with Gasteiger partial charge in [0.05, 0.1) is 23.5 Å². The molecule has 0 saturated heterocycles. The molecule has 180 valence electrons. The van der Waals surface area contributed by atoms with E-state index in [4.69, 9.17) is 9.72 Å². The predicted octanol–water partition coefficient (Wildman–Crippen LogP) is 4.75. The van der Waals surface area contributed by atoms with Crippen LogP contribution in [0.4, 0.5) is 4.39 Å². The first-order chi connectivity index (χ1) is 15.9. The summed E-state index contributed by atoms with van der Waals surface area (Å²) in [5, 5.41) is 8.01. The van der Waals surface area contributed by atoms with Gasteiger partial charge in [-0.15, -0.1) is 0 Å². The summed E-state index contributed by atoms with van der Waals surface area (Å²) >= 11 is 0. The molecule has 0 saturated carbocycles. The van der Waals surface area contributed by atoms with Gasteiger partial charge in [-0.05, 0) is 45.0 Å². The average Bonchev–Trinajstić information content (AvgIpc) is 3.30. The molecule has 0 atom stereocenters. The molecule has 0 bridgehead atoms. The van der Waals surface area contributed by atoms with Crippen LogP contribution < -0.4 is 5.32 Å². The molecule has 0 unspecified atom stereocenters. The average molecular weight is 483 g/mol. The van der Waals surface area contributed by atoms with Crippen LogP contribution in [0.2, 0.25) is 25.7 Å². The number of amides is 1. The molecule has 0 radical (unpaired) electrons. The van der Waals surface area contributed by atoms with E-state index >= 15 is 0 Å². The Morgan fingerprint density at radius 3 is 2.68 bits per heavy atom. The summed E-state index contributed by atoms with van der Waals surface area (Å²) in [5.74, 6) is -0.130. The fraction of sp³-hybridized carbons (Fsp3) is 0.417. The highest BCUT2D eigenvalue weighted by atomic mass is 28.3. The second-order valence-electron chi connectivity index (χ2n) is 10.7. The fourth-order valence-corrected chi connectivity index (χ4v) is 4.30. The highest BCUT2D eigenvalue weighted by Crippen LogP contribution is 2.23. The third-order valence-electron chi connectivity index (χ3n) is 5.26. The van der Waals surface area contributed by atoms with Crippen molar-refractivity contribution in [3.05, 3.63) is 48.2 Å². The zero-order valence-electron chi connectivity index (χ0n) is 20.5. The lowest BCUT2D eigenvalue weighted by Crippen LogP contribution is -2.40. The van der Waals surface area contributed by atoms with Crippen molar-refractivity contribution in [3.63, 3.8) is 0 Å². The first-order valence-electron chi connectivity index (χ1n) is 11.3. The summed E-state index contributed by atoms with van der Waals surface area (Å²) in [4.78, 5) is 22.5. The number of rotatable bonds is 7. The van der Waals surface area contributed by atoms with Gasteiger partial charge in [-0.2, -0.15) is 5.10 Å². The van der Waals surface area contributed by atoms with E-state index < -0.39 is 13.6 Å². The summed E-state index contributed by atoms with van der Waals surface area (Å²) in [6, 6.07) is 5.49. The number of hydrogen-bond donors (Lipinski definition) is 1. The van der Waals surface area contributed by atoms with Crippen molar-refractivity contribution in [3.8, 4) is 5.82 Å². The number of benzene rings is 1. The molecule has 0 spiro atoms. The monoisotopic (exact) mass is 482 g/mol. The minimum Gasteiger partial charge on any atom is -0.361 e. The van der Waals surface area contributed by atoms with Crippen molar-refractivity contribution < 1.29 is 13.9 Å². The first-order valence-corrected chi connectivity index (χ1v) is 15.0. The van der Waals surface area contributed by atoms with Gasteiger partial charge in [0.2, 0.25) is 0 Å². The summed E-state index contributed by atoms with van der Waals surface area (Å²) in [5.41, 5.74) is 1.71. The van der Waals surface area contributed by atoms with Gasteiger partial charge < -0.3 is 14.6 Å². The molecule has 1 aromatic carbocycles. The smallest absolute Gasteiger partial charge is 0.255 e. The van der Waals surface area contributed by atoms with Gasteiger partial charge in [-0.1, -0.05) is 19.6 Å². The van der Waals surface area contributed by atoms with Crippen LogP contribution in [0.3, 0.4) is 0 Å². The van der Waals surface area contributed by atoms with E-state index in [1.807, 2.05) is 25.3 Å². The number of ether oxygens (including phenoxy) is 1. The lowest BCUT2D eigenvalue weighted by molar-refractivity contribution is 0.0886. The third kappa shape index (κ3) is 5.34. The Bertz CT molecular complexity index is 1350. The van der Waals surface area contributed by atoms with Crippen LogP contribution in [-0.4, -0.2) is 50.4 Å². The lowest BCUT2D eigenvalue weighted by Gasteiger charge is -2.20. The van der Waals surface area contributed by atoms with E-state index in [9.17, 15) is 9.18 Å². The minimum absolute atomic E-state index is 0.239. The van der Waals surface area contributed by atoms with Gasteiger partial charge in [-0.3, -0.25) is 4.79 Å². The van der Waals surface area contributed by atoms with E-state index in [0.29, 0.717) is 40.1 Å². The molecule has 3 aromatic heterocycles. The Balaban J connectivity index is 1.73. The molecular weight excluding hydrogens is 451 g/mol. The van der Waals surface area contributed by atoms with E-state index in [1.165, 1.54) is 12.1 Å². The van der Waals surface area contributed by atoms with Crippen LogP contribution in [0.15, 0.2) is 36.8 Å². The number of nitrogens with one attached hydrogen (secondary N) is 1. The zero-order chi connectivity index (χ0) is 24.7. The summed E-state index contributed by atoms with van der Waals surface area (Å²) in [6.45, 7) is 13.6. The van der Waals surface area contributed by atoms with Crippen molar-refractivity contribution >= 4 is 36.0 Å². The SMILES string of the molecule is CC(C)(C)NC(=O)c1cn(COCC[Si](C)(C)C)c2ncc(-n3ncc4cc(F)ccc43)nc12. The molecule has 3 heterocycles. The molecule has 0 aliphatic rings. The summed E-state index contributed by atoms with van der Waals surface area (Å²) < 4.78 is 22.9. The van der Waals surface area contributed by atoms with Crippen molar-refractivity contribution in [2.75, 3.05) is 6.61 Å². The highest BCUT2D eigenvalue weighted by Gasteiger charge is 2.23. The molecule has 0 aliphatic heterocycles. The zero-order valence-corrected chi connectivity index (χ0v) is 21.5. The lowest BCUT2D eigenvalue weighted by atomic mass is 10.1. The Morgan fingerprint density at radius 1 is 1.21 bits per heavy atom. The Kier molecular flexibility index (Phi) is 6.30. The molecule has 34 heavy (non-hydrogen) atoms. The van der Waals surface area contributed by atoms with Crippen LogP contribution >= 0.6 is 0 Å². The van der Waals surface area contributed by atoms with Gasteiger partial charge in [0.15, 0.2) is 11.5 Å². The number of carbonyl (C=O) groups excluding carboxylic acids is 1. The molecule has 10 heteroatoms. The van der Waals surface area contributed by atoms with Crippen molar-refractivity contribution in [1.82, 2.24) is 29.6 Å². The number of hydrogen-bond acceptors (Lipinski definition) is 5. The Hall–Kier alpha value is -3.11. The second-order valence-corrected chi connectivity index (χ2v) is 16.3. The van der Waals surface area contributed by atoms with Gasteiger partial charge in [0, 0.05) is 31.8 Å². The molecule has 1 N–H and O–H groups in total. The van der Waals surface area contributed by atoms with Crippen molar-refractivity contribution in [2.45, 2.75) is 58.7 Å². The molecule has 4 aromatic rings. The highest BCUT2D eigenvalue weighted by molar-refractivity contribution is 6.76. The normalized spacial score (nSPS) is 12.6. The van der Waals surface area contributed by atoms with E-state index in [0.717, 1.165) is 6.04 Å². The van der Waals surface area contributed by atoms with Gasteiger partial charge >= 0.3 is 0 Å². The van der Waals surface area contributed by atoms with Gasteiger partial charge in [-0.25, -0.2) is 19.0 Å². The topological polar surface area (TPSA) is 86.9 Å². The second kappa shape index (κ2) is 8.92. The van der Waals surface area contributed by atoms with Crippen LogP contribution in [0.25, 0.3) is 27.9 Å². The molecule has 0 aliphatic carbocycles. The summed E-state index contributed by atoms with van der Waals surface area (Å²) in [6.07, 6.45) is 4.91. The van der Waals surface area contributed by atoms with Crippen molar-refractivity contribution in [1.29, 1.82) is 0 Å². The number of carbonyl (C=O) groups is 1. The third-order valence-corrected chi connectivity index (χ3v) is 6.96. The molecule has 8 nitrogen and oxygen atoms in total. The molecule has 1 amide bonds. The number of fused-ring (bicyclic) bond motifs is 2. The maximum atomic E-state index is 13.6. The molecule has 4 rings (SSSR count). The molecule has 0 fully saturated rings. The van der Waals surface area contributed by atoms with Crippen LogP contribution in [0.5, 0.6) is 0 Å². The minimum atomic E-state index is -1.21. The first kappa shape index (κ1) is 24.0. The van der Waals surface area contributed by atoms with Crippen molar-refractivity contribution in [2.24, 2.45) is 0 Å². The van der Waals surface area contributed by atoms with E-state index in [2.05, 4.69) is 35.0 Å². The predicted molar refractivity (Wildman–Crippen MR) is 133 cm³/mol. The number of aromatic nitrogens is 5. The summed E-state index contributed by atoms with van der Waals surface area (Å²) in [7, 11) is -1.21. The van der Waals surface area contributed by atoms with Gasteiger partial charge in [0.25, 0.3) is 5.91 Å². The quantitative estimate of drug-likeness (QED) is 0.303. The Morgan fingerprint density at radius 2 is 1.97 bits per heavy atom.